The number of sulfone groups is 1. The zero-order valence-corrected chi connectivity index (χ0v) is 11.0. The van der Waals surface area contributed by atoms with Gasteiger partial charge in [0.1, 0.15) is 0 Å². The molecular formula is C11H23NO3S. The van der Waals surface area contributed by atoms with Gasteiger partial charge in [0.2, 0.25) is 0 Å². The highest BCUT2D eigenvalue weighted by Gasteiger charge is 2.26. The number of aliphatic hydroxyl groups is 1. The van der Waals surface area contributed by atoms with Crippen LogP contribution in [0, 0.1) is 5.92 Å². The van der Waals surface area contributed by atoms with Crippen molar-refractivity contribution in [1.82, 2.24) is 5.32 Å². The Balaban J connectivity index is 2.30. The Morgan fingerprint density at radius 2 is 2.06 bits per heavy atom. The smallest absolute Gasteiger partial charge is 0.153 e. The molecule has 0 bridgehead atoms. The van der Waals surface area contributed by atoms with Gasteiger partial charge in [-0.1, -0.05) is 6.42 Å². The maximum Gasteiger partial charge on any atom is 0.153 e. The summed E-state index contributed by atoms with van der Waals surface area (Å²) in [6, 6.07) is 0.298. The SMILES string of the molecule is CC(C)S(=O)(=O)CCNC1CCCC1CO. The first-order valence-corrected chi connectivity index (χ1v) is 7.74. The van der Waals surface area contributed by atoms with E-state index >= 15 is 0 Å². The first-order chi connectivity index (χ1) is 7.47. The van der Waals surface area contributed by atoms with Crippen molar-refractivity contribution >= 4 is 9.84 Å². The van der Waals surface area contributed by atoms with Crippen LogP contribution in [0.25, 0.3) is 0 Å². The lowest BCUT2D eigenvalue weighted by Gasteiger charge is -2.19. The second-order valence-corrected chi connectivity index (χ2v) is 7.53. The molecule has 0 saturated heterocycles. The first kappa shape index (κ1) is 13.9. The summed E-state index contributed by atoms with van der Waals surface area (Å²) in [6.45, 7) is 4.12. The summed E-state index contributed by atoms with van der Waals surface area (Å²) in [5, 5.41) is 12.1. The molecule has 5 heteroatoms. The maximum atomic E-state index is 11.6. The minimum absolute atomic E-state index is 0.194. The number of rotatable bonds is 6. The van der Waals surface area contributed by atoms with Crippen LogP contribution in [-0.2, 0) is 9.84 Å². The molecule has 0 aromatic rings. The van der Waals surface area contributed by atoms with Gasteiger partial charge in [-0.25, -0.2) is 8.42 Å². The molecule has 1 saturated carbocycles. The molecule has 0 aromatic heterocycles. The number of nitrogens with one attached hydrogen (secondary N) is 1. The molecule has 0 amide bonds. The van der Waals surface area contributed by atoms with Gasteiger partial charge < -0.3 is 10.4 Å². The quantitative estimate of drug-likeness (QED) is 0.722. The van der Waals surface area contributed by atoms with E-state index in [4.69, 9.17) is 5.11 Å². The number of hydrogen-bond donors (Lipinski definition) is 2. The van der Waals surface area contributed by atoms with Crippen molar-refractivity contribution in [3.8, 4) is 0 Å². The van der Waals surface area contributed by atoms with Gasteiger partial charge in [0, 0.05) is 19.2 Å². The highest BCUT2D eigenvalue weighted by Crippen LogP contribution is 2.24. The molecule has 0 heterocycles. The molecule has 4 nitrogen and oxygen atoms in total. The minimum atomic E-state index is -2.94. The fourth-order valence-electron chi connectivity index (χ4n) is 2.15. The molecule has 0 spiro atoms. The Hall–Kier alpha value is -0.130. The molecule has 2 N–H and O–H groups in total. The van der Waals surface area contributed by atoms with Crippen LogP contribution >= 0.6 is 0 Å². The molecule has 1 aliphatic carbocycles. The summed E-state index contributed by atoms with van der Waals surface area (Å²) in [5.41, 5.74) is 0. The van der Waals surface area contributed by atoms with Gasteiger partial charge in [0.15, 0.2) is 9.84 Å². The fraction of sp³-hybridized carbons (Fsp3) is 1.00. The van der Waals surface area contributed by atoms with E-state index in [1.54, 1.807) is 13.8 Å². The first-order valence-electron chi connectivity index (χ1n) is 6.03. The fourth-order valence-corrected chi connectivity index (χ4v) is 3.02. The van der Waals surface area contributed by atoms with Gasteiger partial charge in [-0.15, -0.1) is 0 Å². The van der Waals surface area contributed by atoms with E-state index < -0.39 is 9.84 Å². The Kier molecular flexibility index (Phi) is 5.21. The van der Waals surface area contributed by atoms with E-state index in [-0.39, 0.29) is 17.6 Å². The standard InChI is InChI=1S/C11H23NO3S/c1-9(2)16(14,15)7-6-12-11-5-3-4-10(11)8-13/h9-13H,3-8H2,1-2H3. The van der Waals surface area contributed by atoms with Crippen molar-refractivity contribution in [2.75, 3.05) is 18.9 Å². The van der Waals surface area contributed by atoms with Crippen LogP contribution in [0.3, 0.4) is 0 Å². The number of hydrogen-bond acceptors (Lipinski definition) is 4. The van der Waals surface area contributed by atoms with E-state index in [1.165, 1.54) is 0 Å². The second-order valence-electron chi connectivity index (χ2n) is 4.85. The van der Waals surface area contributed by atoms with Crippen LogP contribution in [-0.4, -0.2) is 43.7 Å². The molecule has 0 aromatic carbocycles. The van der Waals surface area contributed by atoms with Gasteiger partial charge in [-0.05, 0) is 32.6 Å². The average molecular weight is 249 g/mol. The van der Waals surface area contributed by atoms with E-state index in [1.807, 2.05) is 0 Å². The monoisotopic (exact) mass is 249 g/mol. The summed E-state index contributed by atoms with van der Waals surface area (Å²) in [7, 11) is -2.94. The van der Waals surface area contributed by atoms with E-state index in [9.17, 15) is 8.42 Å². The molecule has 0 radical (unpaired) electrons. The summed E-state index contributed by atoms with van der Waals surface area (Å²) in [6.07, 6.45) is 3.22. The Morgan fingerprint density at radius 3 is 2.62 bits per heavy atom. The Labute approximate surface area is 98.4 Å². The average Bonchev–Trinajstić information content (AvgIpc) is 2.64. The molecule has 1 rings (SSSR count). The zero-order valence-electron chi connectivity index (χ0n) is 10.1. The third kappa shape index (κ3) is 3.71. The lowest BCUT2D eigenvalue weighted by Crippen LogP contribution is -2.37. The molecule has 2 unspecified atom stereocenters. The van der Waals surface area contributed by atoms with Crippen molar-refractivity contribution in [3.05, 3.63) is 0 Å². The maximum absolute atomic E-state index is 11.6. The third-order valence-corrected chi connectivity index (χ3v) is 5.61. The third-order valence-electron chi connectivity index (χ3n) is 3.40. The molecule has 1 fully saturated rings. The number of aliphatic hydroxyl groups excluding tert-OH is 1. The molecule has 1 aliphatic rings. The summed E-state index contributed by atoms with van der Waals surface area (Å²) in [5.74, 6) is 0.501. The Bertz CT molecular complexity index is 300. The highest BCUT2D eigenvalue weighted by atomic mass is 32.2. The van der Waals surface area contributed by atoms with Crippen LogP contribution < -0.4 is 5.32 Å². The van der Waals surface area contributed by atoms with Crippen molar-refractivity contribution in [1.29, 1.82) is 0 Å². The normalized spacial score (nSPS) is 26.5. The van der Waals surface area contributed by atoms with Crippen molar-refractivity contribution in [2.45, 2.75) is 44.4 Å². The van der Waals surface area contributed by atoms with Crippen LogP contribution in [0.15, 0.2) is 0 Å². The summed E-state index contributed by atoms with van der Waals surface area (Å²) in [4.78, 5) is 0. The van der Waals surface area contributed by atoms with Crippen LogP contribution in [0.5, 0.6) is 0 Å². The van der Waals surface area contributed by atoms with E-state index in [2.05, 4.69) is 5.32 Å². The van der Waals surface area contributed by atoms with E-state index in [0.717, 1.165) is 19.3 Å². The molecule has 0 aliphatic heterocycles. The minimum Gasteiger partial charge on any atom is -0.396 e. The van der Waals surface area contributed by atoms with Gasteiger partial charge in [0.05, 0.1) is 11.0 Å². The second kappa shape index (κ2) is 5.98. The van der Waals surface area contributed by atoms with Crippen LogP contribution in [0.4, 0.5) is 0 Å². The zero-order chi connectivity index (χ0) is 12.2. The molecule has 16 heavy (non-hydrogen) atoms. The van der Waals surface area contributed by atoms with Gasteiger partial charge in [-0.2, -0.15) is 0 Å². The van der Waals surface area contributed by atoms with Gasteiger partial charge >= 0.3 is 0 Å². The largest absolute Gasteiger partial charge is 0.396 e. The topological polar surface area (TPSA) is 66.4 Å². The molecule has 2 atom stereocenters. The predicted octanol–water partition coefficient (Wildman–Crippen LogP) is 0.560. The van der Waals surface area contributed by atoms with Crippen molar-refractivity contribution in [2.24, 2.45) is 5.92 Å². The molecular weight excluding hydrogens is 226 g/mol. The predicted molar refractivity (Wildman–Crippen MR) is 65.1 cm³/mol. The van der Waals surface area contributed by atoms with Gasteiger partial charge in [-0.3, -0.25) is 0 Å². The van der Waals surface area contributed by atoms with Crippen LogP contribution in [0.2, 0.25) is 0 Å². The Morgan fingerprint density at radius 1 is 1.38 bits per heavy atom. The van der Waals surface area contributed by atoms with Crippen molar-refractivity contribution < 1.29 is 13.5 Å². The van der Waals surface area contributed by atoms with E-state index in [0.29, 0.717) is 18.5 Å². The lowest BCUT2D eigenvalue weighted by molar-refractivity contribution is 0.206. The highest BCUT2D eigenvalue weighted by molar-refractivity contribution is 7.92. The van der Waals surface area contributed by atoms with Crippen LogP contribution in [0.1, 0.15) is 33.1 Å². The summed E-state index contributed by atoms with van der Waals surface area (Å²) < 4.78 is 23.1. The van der Waals surface area contributed by atoms with Crippen molar-refractivity contribution in [3.63, 3.8) is 0 Å². The van der Waals surface area contributed by atoms with Gasteiger partial charge in [0.25, 0.3) is 0 Å². The summed E-state index contributed by atoms with van der Waals surface area (Å²) >= 11 is 0. The lowest BCUT2D eigenvalue weighted by atomic mass is 10.1. The molecule has 96 valence electrons.